The van der Waals surface area contributed by atoms with Crippen LogP contribution in [0.2, 0.25) is 0 Å². The third-order valence-corrected chi connectivity index (χ3v) is 5.48. The molecule has 0 radical (unpaired) electrons. The molecule has 0 aliphatic heterocycles. The van der Waals surface area contributed by atoms with Crippen LogP contribution in [-0.2, 0) is 4.79 Å². The van der Waals surface area contributed by atoms with Crippen LogP contribution in [-0.4, -0.2) is 21.9 Å². The largest absolute Gasteiger partial charge is 0.330 e. The highest BCUT2D eigenvalue weighted by Crippen LogP contribution is 2.30. The lowest BCUT2D eigenvalue weighted by Crippen LogP contribution is -2.13. The van der Waals surface area contributed by atoms with Crippen LogP contribution in [0.4, 0.5) is 16.5 Å². The third-order valence-electron chi connectivity index (χ3n) is 3.50. The number of thioether (sulfide) groups is 1. The lowest BCUT2D eigenvalue weighted by atomic mass is 10.1. The lowest BCUT2D eigenvalue weighted by Gasteiger charge is -2.09. The Labute approximate surface area is 154 Å². The highest BCUT2D eigenvalue weighted by molar-refractivity contribution is 8.01. The van der Waals surface area contributed by atoms with Gasteiger partial charge in [0.1, 0.15) is 0 Å². The first-order valence-electron chi connectivity index (χ1n) is 7.76. The van der Waals surface area contributed by atoms with E-state index in [9.17, 15) is 4.79 Å². The summed E-state index contributed by atoms with van der Waals surface area (Å²) in [6, 6.07) is 15.6. The summed E-state index contributed by atoms with van der Waals surface area (Å²) in [7, 11) is 0. The summed E-state index contributed by atoms with van der Waals surface area (Å²) in [5.41, 5.74) is 4.16. The smallest absolute Gasteiger partial charge is 0.234 e. The monoisotopic (exact) mass is 370 g/mol. The maximum atomic E-state index is 12.0. The molecule has 128 valence electrons. The Hall–Kier alpha value is -2.38. The molecule has 0 saturated heterocycles. The number of anilines is 3. The first kappa shape index (κ1) is 17.4. The van der Waals surface area contributed by atoms with Crippen LogP contribution in [0.15, 0.2) is 52.9 Å². The highest BCUT2D eigenvalue weighted by Gasteiger charge is 2.10. The number of rotatable bonds is 6. The Kier molecular flexibility index (Phi) is 5.67. The second-order valence-corrected chi connectivity index (χ2v) is 7.67. The maximum absolute atomic E-state index is 12.0. The van der Waals surface area contributed by atoms with E-state index in [1.807, 2.05) is 36.4 Å². The second-order valence-electron chi connectivity index (χ2n) is 5.47. The average molecular weight is 371 g/mol. The van der Waals surface area contributed by atoms with Crippen molar-refractivity contribution in [2.45, 2.75) is 18.2 Å². The molecule has 1 aromatic heterocycles. The molecule has 1 heterocycles. The minimum absolute atomic E-state index is 0.0596. The van der Waals surface area contributed by atoms with Gasteiger partial charge in [0.2, 0.25) is 11.0 Å². The maximum Gasteiger partial charge on any atom is 0.234 e. The van der Waals surface area contributed by atoms with Gasteiger partial charge in [0, 0.05) is 11.4 Å². The molecule has 2 aromatic carbocycles. The molecule has 0 unspecified atom stereocenters. The fourth-order valence-electron chi connectivity index (χ4n) is 2.28. The summed E-state index contributed by atoms with van der Waals surface area (Å²) in [6.45, 7) is 4.11. The summed E-state index contributed by atoms with van der Waals surface area (Å²) in [5, 5.41) is 15.2. The van der Waals surface area contributed by atoms with E-state index in [0.29, 0.717) is 5.75 Å². The molecule has 2 N–H and O–H groups in total. The first-order chi connectivity index (χ1) is 12.1. The number of carbonyl (C=O) groups is 1. The predicted molar refractivity (Wildman–Crippen MR) is 105 cm³/mol. The molecule has 3 rings (SSSR count). The number of para-hydroxylation sites is 2. The van der Waals surface area contributed by atoms with Crippen LogP contribution in [0.25, 0.3) is 0 Å². The molecule has 0 spiro atoms. The number of benzene rings is 2. The Balaban J connectivity index is 1.56. The number of nitrogens with one attached hydrogen (secondary N) is 2. The molecule has 5 nitrogen and oxygen atoms in total. The van der Waals surface area contributed by atoms with E-state index >= 15 is 0 Å². The van der Waals surface area contributed by atoms with E-state index in [2.05, 4.69) is 46.8 Å². The van der Waals surface area contributed by atoms with Crippen LogP contribution in [0.1, 0.15) is 11.1 Å². The average Bonchev–Trinajstić information content (AvgIpc) is 3.05. The van der Waals surface area contributed by atoms with Gasteiger partial charge in [0.05, 0.1) is 5.75 Å². The summed E-state index contributed by atoms with van der Waals surface area (Å²) >= 11 is 2.82. The number of amides is 1. The van der Waals surface area contributed by atoms with Crippen LogP contribution < -0.4 is 10.6 Å². The molecule has 25 heavy (non-hydrogen) atoms. The highest BCUT2D eigenvalue weighted by atomic mass is 32.2. The van der Waals surface area contributed by atoms with Crippen molar-refractivity contribution >= 4 is 45.5 Å². The topological polar surface area (TPSA) is 66.9 Å². The minimum atomic E-state index is -0.0596. The number of aryl methyl sites for hydroxylation is 2. The summed E-state index contributed by atoms with van der Waals surface area (Å²) < 4.78 is 0.761. The van der Waals surface area contributed by atoms with E-state index in [0.717, 1.165) is 32.0 Å². The van der Waals surface area contributed by atoms with Crippen molar-refractivity contribution in [3.05, 3.63) is 59.7 Å². The SMILES string of the molecule is Cc1cccc(C)c1Nc1nnc(SCC(=O)Nc2ccccc2)s1. The zero-order chi connectivity index (χ0) is 17.6. The molecular formula is C18H18N4OS2. The van der Waals surface area contributed by atoms with E-state index in [1.54, 1.807) is 0 Å². The van der Waals surface area contributed by atoms with Crippen molar-refractivity contribution < 1.29 is 4.79 Å². The molecule has 0 atom stereocenters. The predicted octanol–water partition coefficient (Wildman–Crippen LogP) is 4.63. The molecule has 0 aliphatic carbocycles. The van der Waals surface area contributed by atoms with E-state index in [-0.39, 0.29) is 5.91 Å². The normalized spacial score (nSPS) is 10.5. The molecule has 3 aromatic rings. The molecule has 0 aliphatic rings. The standard InChI is InChI=1S/C18H18N4OS2/c1-12-7-6-8-13(2)16(12)20-17-21-22-18(25-17)24-11-15(23)19-14-9-4-3-5-10-14/h3-10H,11H2,1-2H3,(H,19,23)(H,20,21). The summed E-state index contributed by atoms with van der Waals surface area (Å²) in [4.78, 5) is 12.0. The van der Waals surface area contributed by atoms with Gasteiger partial charge in [0.25, 0.3) is 0 Å². The molecule has 7 heteroatoms. The van der Waals surface area contributed by atoms with Crippen LogP contribution >= 0.6 is 23.1 Å². The molecule has 0 fully saturated rings. The number of hydrogen-bond donors (Lipinski definition) is 2. The van der Waals surface area contributed by atoms with Crippen LogP contribution in [0.3, 0.4) is 0 Å². The number of hydrogen-bond acceptors (Lipinski definition) is 6. The van der Waals surface area contributed by atoms with Gasteiger partial charge in [-0.3, -0.25) is 4.79 Å². The van der Waals surface area contributed by atoms with E-state index < -0.39 is 0 Å². The Morgan fingerprint density at radius 1 is 1.04 bits per heavy atom. The van der Waals surface area contributed by atoms with Crippen LogP contribution in [0.5, 0.6) is 0 Å². The Morgan fingerprint density at radius 2 is 1.76 bits per heavy atom. The van der Waals surface area contributed by atoms with Gasteiger partial charge >= 0.3 is 0 Å². The zero-order valence-corrected chi connectivity index (χ0v) is 15.6. The van der Waals surface area contributed by atoms with E-state index in [1.165, 1.54) is 23.1 Å². The van der Waals surface area contributed by atoms with Gasteiger partial charge in [-0.1, -0.05) is 59.5 Å². The molecular weight excluding hydrogens is 352 g/mol. The molecule has 0 bridgehead atoms. The van der Waals surface area contributed by atoms with Crippen molar-refractivity contribution in [3.63, 3.8) is 0 Å². The second kappa shape index (κ2) is 8.13. The van der Waals surface area contributed by atoms with E-state index in [4.69, 9.17) is 0 Å². The third kappa shape index (κ3) is 4.80. The molecule has 1 amide bonds. The van der Waals surface area contributed by atoms with Gasteiger partial charge in [-0.15, -0.1) is 10.2 Å². The van der Waals surface area contributed by atoms with Gasteiger partial charge in [-0.2, -0.15) is 0 Å². The van der Waals surface area contributed by atoms with Crippen LogP contribution in [0, 0.1) is 13.8 Å². The minimum Gasteiger partial charge on any atom is -0.330 e. The summed E-state index contributed by atoms with van der Waals surface area (Å²) in [6.07, 6.45) is 0. The quantitative estimate of drug-likeness (QED) is 0.619. The number of carbonyl (C=O) groups excluding carboxylic acids is 1. The van der Waals surface area contributed by atoms with Crippen molar-refractivity contribution in [3.8, 4) is 0 Å². The summed E-state index contributed by atoms with van der Waals surface area (Å²) in [5.74, 6) is 0.239. The Bertz CT molecular complexity index is 844. The van der Waals surface area contributed by atoms with Gasteiger partial charge < -0.3 is 10.6 Å². The number of aromatic nitrogens is 2. The van der Waals surface area contributed by atoms with Crippen molar-refractivity contribution in [1.82, 2.24) is 10.2 Å². The fraction of sp³-hybridized carbons (Fsp3) is 0.167. The molecule has 0 saturated carbocycles. The van der Waals surface area contributed by atoms with Gasteiger partial charge in [0.15, 0.2) is 4.34 Å². The van der Waals surface area contributed by atoms with Crippen molar-refractivity contribution in [2.24, 2.45) is 0 Å². The Morgan fingerprint density at radius 3 is 2.48 bits per heavy atom. The zero-order valence-electron chi connectivity index (χ0n) is 13.9. The van der Waals surface area contributed by atoms with Gasteiger partial charge in [-0.25, -0.2) is 0 Å². The van der Waals surface area contributed by atoms with Crippen molar-refractivity contribution in [2.75, 3.05) is 16.4 Å². The van der Waals surface area contributed by atoms with Gasteiger partial charge in [-0.05, 0) is 37.1 Å². The fourth-order valence-corrected chi connectivity index (χ4v) is 3.84. The van der Waals surface area contributed by atoms with Crippen molar-refractivity contribution in [1.29, 1.82) is 0 Å². The number of nitrogens with zero attached hydrogens (tertiary/aromatic N) is 2. The first-order valence-corrected chi connectivity index (χ1v) is 9.56. The lowest BCUT2D eigenvalue weighted by molar-refractivity contribution is -0.113.